The van der Waals surface area contributed by atoms with Gasteiger partial charge in [-0.3, -0.25) is 0 Å². The fourth-order valence-corrected chi connectivity index (χ4v) is 2.40. The molecule has 0 heterocycles. The Morgan fingerprint density at radius 2 is 1.67 bits per heavy atom. The molecule has 0 saturated heterocycles. The summed E-state index contributed by atoms with van der Waals surface area (Å²) < 4.78 is 11.3. The van der Waals surface area contributed by atoms with E-state index in [4.69, 9.17) is 9.47 Å². The molecule has 1 unspecified atom stereocenters. The first-order valence-electron chi connectivity index (χ1n) is 5.88. The molecule has 1 rings (SSSR count). The normalized spacial score (nSPS) is 13.3. The molecule has 1 aromatic carbocycles. The topological polar surface area (TPSA) is 38.7 Å². The van der Waals surface area contributed by atoms with E-state index in [0.29, 0.717) is 17.9 Å². The maximum absolute atomic E-state index is 10.3. The molecule has 1 N–H and O–H groups in total. The van der Waals surface area contributed by atoms with Crippen molar-refractivity contribution in [1.82, 2.24) is 0 Å². The number of hydrogen-bond acceptors (Lipinski definition) is 3. The molecule has 0 amide bonds. The van der Waals surface area contributed by atoms with Crippen molar-refractivity contribution in [3.05, 3.63) is 22.2 Å². The molecule has 1 atom stereocenters. The second-order valence-electron chi connectivity index (χ2n) is 5.51. The SMILES string of the molecule is COc1cc(Br)c(C(O)CC(C)(C)C)cc1OC. The average molecular weight is 317 g/mol. The summed E-state index contributed by atoms with van der Waals surface area (Å²) in [5.74, 6) is 1.28. The van der Waals surface area contributed by atoms with E-state index in [-0.39, 0.29) is 5.41 Å². The molecule has 0 aliphatic rings. The van der Waals surface area contributed by atoms with Crippen LogP contribution in [0, 0.1) is 5.41 Å². The quantitative estimate of drug-likeness (QED) is 0.914. The van der Waals surface area contributed by atoms with Gasteiger partial charge in [-0.25, -0.2) is 0 Å². The number of aliphatic hydroxyl groups is 1. The molecular formula is C14H21BrO3. The number of ether oxygens (including phenoxy) is 2. The molecule has 0 aliphatic carbocycles. The van der Waals surface area contributed by atoms with Crippen LogP contribution >= 0.6 is 15.9 Å². The van der Waals surface area contributed by atoms with Crippen molar-refractivity contribution in [2.24, 2.45) is 5.41 Å². The average Bonchev–Trinajstić information content (AvgIpc) is 2.26. The minimum atomic E-state index is -0.529. The van der Waals surface area contributed by atoms with Crippen LogP contribution in [0.1, 0.15) is 38.9 Å². The van der Waals surface area contributed by atoms with E-state index in [1.54, 1.807) is 14.2 Å². The minimum Gasteiger partial charge on any atom is -0.493 e. The van der Waals surface area contributed by atoms with Crippen LogP contribution in [0.25, 0.3) is 0 Å². The van der Waals surface area contributed by atoms with Crippen molar-refractivity contribution < 1.29 is 14.6 Å². The van der Waals surface area contributed by atoms with Crippen molar-refractivity contribution in [2.45, 2.75) is 33.3 Å². The van der Waals surface area contributed by atoms with Crippen molar-refractivity contribution in [3.63, 3.8) is 0 Å². The summed E-state index contributed by atoms with van der Waals surface area (Å²) in [6.45, 7) is 6.31. The highest BCUT2D eigenvalue weighted by atomic mass is 79.9. The van der Waals surface area contributed by atoms with Gasteiger partial charge in [-0.05, 0) is 29.5 Å². The second-order valence-corrected chi connectivity index (χ2v) is 6.36. The van der Waals surface area contributed by atoms with E-state index < -0.39 is 6.10 Å². The highest BCUT2D eigenvalue weighted by Crippen LogP contribution is 2.39. The van der Waals surface area contributed by atoms with Crippen molar-refractivity contribution in [2.75, 3.05) is 14.2 Å². The molecule has 0 saturated carbocycles. The van der Waals surface area contributed by atoms with E-state index in [9.17, 15) is 5.11 Å². The molecule has 0 bridgehead atoms. The van der Waals surface area contributed by atoms with Gasteiger partial charge < -0.3 is 14.6 Å². The van der Waals surface area contributed by atoms with Crippen LogP contribution in [0.2, 0.25) is 0 Å². The monoisotopic (exact) mass is 316 g/mol. The smallest absolute Gasteiger partial charge is 0.161 e. The largest absolute Gasteiger partial charge is 0.493 e. The highest BCUT2D eigenvalue weighted by Gasteiger charge is 2.21. The van der Waals surface area contributed by atoms with Gasteiger partial charge in [-0.15, -0.1) is 0 Å². The van der Waals surface area contributed by atoms with Crippen molar-refractivity contribution in [1.29, 1.82) is 0 Å². The first kappa shape index (κ1) is 15.3. The Kier molecular flexibility index (Phi) is 5.05. The molecule has 0 radical (unpaired) electrons. The Labute approximate surface area is 117 Å². The maximum atomic E-state index is 10.3. The van der Waals surface area contributed by atoms with Gasteiger partial charge in [0.15, 0.2) is 11.5 Å². The summed E-state index contributed by atoms with van der Waals surface area (Å²) in [4.78, 5) is 0. The predicted octanol–water partition coefficient (Wildman–Crippen LogP) is 3.94. The molecule has 102 valence electrons. The summed E-state index contributed by atoms with van der Waals surface area (Å²) in [7, 11) is 3.18. The van der Waals surface area contributed by atoms with Crippen LogP contribution in [0.4, 0.5) is 0 Å². The lowest BCUT2D eigenvalue weighted by molar-refractivity contribution is 0.121. The van der Waals surface area contributed by atoms with Gasteiger partial charge in [-0.1, -0.05) is 36.7 Å². The first-order valence-corrected chi connectivity index (χ1v) is 6.67. The third-order valence-electron chi connectivity index (χ3n) is 2.67. The Morgan fingerprint density at radius 3 is 2.11 bits per heavy atom. The third kappa shape index (κ3) is 3.89. The van der Waals surface area contributed by atoms with Gasteiger partial charge >= 0.3 is 0 Å². The van der Waals surface area contributed by atoms with Crippen LogP contribution in [-0.2, 0) is 0 Å². The number of benzene rings is 1. The summed E-state index contributed by atoms with van der Waals surface area (Å²) in [5, 5.41) is 10.3. The summed E-state index contributed by atoms with van der Waals surface area (Å²) in [5.41, 5.74) is 0.883. The zero-order chi connectivity index (χ0) is 13.9. The molecule has 18 heavy (non-hydrogen) atoms. The number of halogens is 1. The number of hydrogen-bond donors (Lipinski definition) is 1. The van der Waals surface area contributed by atoms with Crippen molar-refractivity contribution >= 4 is 15.9 Å². The predicted molar refractivity (Wildman–Crippen MR) is 76.3 cm³/mol. The zero-order valence-corrected chi connectivity index (χ0v) is 13.2. The summed E-state index contributed by atoms with van der Waals surface area (Å²) in [6, 6.07) is 3.64. The van der Waals surface area contributed by atoms with Gasteiger partial charge in [0.2, 0.25) is 0 Å². The van der Waals surface area contributed by atoms with Gasteiger partial charge in [0.05, 0.1) is 20.3 Å². The number of methoxy groups -OCH3 is 2. The fourth-order valence-electron chi connectivity index (χ4n) is 1.82. The van der Waals surface area contributed by atoms with Gasteiger partial charge in [0.25, 0.3) is 0 Å². The van der Waals surface area contributed by atoms with E-state index in [2.05, 4.69) is 36.7 Å². The molecule has 1 aromatic rings. The van der Waals surface area contributed by atoms with Crippen LogP contribution in [0.3, 0.4) is 0 Å². The third-order valence-corrected chi connectivity index (χ3v) is 3.35. The van der Waals surface area contributed by atoms with E-state index in [1.807, 2.05) is 12.1 Å². The van der Waals surface area contributed by atoms with Crippen LogP contribution < -0.4 is 9.47 Å². The Balaban J connectivity index is 3.09. The zero-order valence-electron chi connectivity index (χ0n) is 11.6. The van der Waals surface area contributed by atoms with Crippen molar-refractivity contribution in [3.8, 4) is 11.5 Å². The number of rotatable bonds is 4. The molecule has 0 fully saturated rings. The van der Waals surface area contributed by atoms with Gasteiger partial charge in [0, 0.05) is 4.47 Å². The lowest BCUT2D eigenvalue weighted by Crippen LogP contribution is -2.12. The number of aliphatic hydroxyl groups excluding tert-OH is 1. The lowest BCUT2D eigenvalue weighted by Gasteiger charge is -2.24. The van der Waals surface area contributed by atoms with Crippen LogP contribution in [-0.4, -0.2) is 19.3 Å². The highest BCUT2D eigenvalue weighted by molar-refractivity contribution is 9.10. The standard InChI is InChI=1S/C14H21BrO3/c1-14(2,3)8-11(16)9-6-12(17-4)13(18-5)7-10(9)15/h6-7,11,16H,8H2,1-5H3. The van der Waals surface area contributed by atoms with E-state index >= 15 is 0 Å². The Morgan fingerprint density at radius 1 is 1.17 bits per heavy atom. The summed E-state index contributed by atoms with van der Waals surface area (Å²) >= 11 is 3.46. The summed E-state index contributed by atoms with van der Waals surface area (Å²) in [6.07, 6.45) is 0.153. The molecule has 0 aromatic heterocycles. The van der Waals surface area contributed by atoms with Gasteiger partial charge in [0.1, 0.15) is 0 Å². The van der Waals surface area contributed by atoms with Gasteiger partial charge in [-0.2, -0.15) is 0 Å². The van der Waals surface area contributed by atoms with E-state index in [0.717, 1.165) is 10.0 Å². The Bertz CT molecular complexity index is 410. The fraction of sp³-hybridized carbons (Fsp3) is 0.571. The molecule has 0 aliphatic heterocycles. The molecule has 3 nitrogen and oxygen atoms in total. The molecule has 4 heteroatoms. The molecule has 0 spiro atoms. The molecular weight excluding hydrogens is 296 g/mol. The Hall–Kier alpha value is -0.740. The second kappa shape index (κ2) is 5.93. The minimum absolute atomic E-state index is 0.0615. The van der Waals surface area contributed by atoms with Crippen LogP contribution in [0.5, 0.6) is 11.5 Å². The van der Waals surface area contributed by atoms with Crippen LogP contribution in [0.15, 0.2) is 16.6 Å². The first-order chi connectivity index (χ1) is 8.28. The lowest BCUT2D eigenvalue weighted by atomic mass is 9.87. The maximum Gasteiger partial charge on any atom is 0.161 e. The van der Waals surface area contributed by atoms with E-state index in [1.165, 1.54) is 0 Å².